The summed E-state index contributed by atoms with van der Waals surface area (Å²) >= 11 is 0. The van der Waals surface area contributed by atoms with E-state index in [9.17, 15) is 14.7 Å². The topological polar surface area (TPSA) is 90.9 Å². The van der Waals surface area contributed by atoms with Crippen molar-refractivity contribution >= 4 is 31.6 Å². The van der Waals surface area contributed by atoms with Gasteiger partial charge in [0.25, 0.3) is 5.91 Å². The van der Waals surface area contributed by atoms with Crippen LogP contribution < -0.4 is 15.5 Å². The maximum Gasteiger partial charge on any atom is 0.264 e. The predicted octanol–water partition coefficient (Wildman–Crippen LogP) is 3.31. The van der Waals surface area contributed by atoms with Crippen molar-refractivity contribution < 1.29 is 23.5 Å². The van der Waals surface area contributed by atoms with Crippen LogP contribution in [-0.4, -0.2) is 57.7 Å². The summed E-state index contributed by atoms with van der Waals surface area (Å²) in [6.07, 6.45) is 3.16. The van der Waals surface area contributed by atoms with E-state index < -0.39 is 31.6 Å². The summed E-state index contributed by atoms with van der Waals surface area (Å²) in [5.74, 6) is -0.820. The summed E-state index contributed by atoms with van der Waals surface area (Å²) in [5, 5.41) is 15.9. The second kappa shape index (κ2) is 9.52. The molecule has 3 aliphatic rings. The van der Waals surface area contributed by atoms with Crippen LogP contribution in [-0.2, 0) is 19.9 Å². The predicted molar refractivity (Wildman–Crippen MR) is 133 cm³/mol. The van der Waals surface area contributed by atoms with Crippen molar-refractivity contribution in [2.24, 2.45) is 11.8 Å². The van der Waals surface area contributed by atoms with E-state index >= 15 is 4.11 Å². The van der Waals surface area contributed by atoms with Crippen LogP contribution in [0.15, 0.2) is 30.9 Å². The van der Waals surface area contributed by atoms with E-state index in [4.69, 9.17) is 4.74 Å². The molecule has 34 heavy (non-hydrogen) atoms. The van der Waals surface area contributed by atoms with Gasteiger partial charge in [-0.1, -0.05) is 13.0 Å². The molecule has 1 aromatic carbocycles. The van der Waals surface area contributed by atoms with Crippen LogP contribution in [0.25, 0.3) is 0 Å². The number of carbonyl (C=O) groups excluding carboxylic acids is 2. The fourth-order valence-electron chi connectivity index (χ4n) is 6.15. The minimum atomic E-state index is -3.24. The van der Waals surface area contributed by atoms with E-state index in [1.165, 1.54) is 0 Å². The molecule has 3 aliphatic heterocycles. The number of benzene rings is 1. The van der Waals surface area contributed by atoms with Gasteiger partial charge in [0.1, 0.15) is 0 Å². The zero-order chi connectivity index (χ0) is 24.7. The van der Waals surface area contributed by atoms with E-state index in [-0.39, 0.29) is 30.8 Å². The van der Waals surface area contributed by atoms with E-state index in [1.807, 2.05) is 19.1 Å². The molecule has 0 saturated carbocycles. The lowest BCUT2D eigenvalue weighted by Gasteiger charge is -2.31. The number of amides is 2. The van der Waals surface area contributed by atoms with Crippen molar-refractivity contribution in [2.45, 2.75) is 56.5 Å². The normalized spacial score (nSPS) is 31.1. The highest BCUT2D eigenvalue weighted by Gasteiger charge is 2.66. The summed E-state index contributed by atoms with van der Waals surface area (Å²) in [7, 11) is -3.24. The minimum absolute atomic E-state index is 0.0535. The highest BCUT2D eigenvalue weighted by molar-refractivity contribution is 6.72. The maximum atomic E-state index is 15.5. The van der Waals surface area contributed by atoms with Crippen molar-refractivity contribution in [2.75, 3.05) is 36.5 Å². The Labute approximate surface area is 201 Å². The van der Waals surface area contributed by atoms with Crippen LogP contribution in [0, 0.1) is 11.8 Å². The number of piperidine rings is 1. The van der Waals surface area contributed by atoms with Gasteiger partial charge >= 0.3 is 0 Å². The monoisotopic (exact) mass is 489 g/mol. The number of hydrogen-bond acceptors (Lipinski definition) is 5. The van der Waals surface area contributed by atoms with Crippen LogP contribution in [0.5, 0.6) is 0 Å². The van der Waals surface area contributed by atoms with Crippen molar-refractivity contribution in [1.29, 1.82) is 0 Å². The zero-order valence-corrected chi connectivity index (χ0v) is 21.3. The Morgan fingerprint density at radius 1 is 1.47 bits per heavy atom. The number of nitrogens with one attached hydrogen (secondary N) is 2. The fraction of sp³-hybridized carbons (Fsp3) is 0.600. The molecule has 1 aromatic rings. The Bertz CT molecular complexity index is 962. The van der Waals surface area contributed by atoms with Crippen molar-refractivity contribution in [3.8, 4) is 0 Å². The van der Waals surface area contributed by atoms with Gasteiger partial charge in [-0.15, -0.1) is 6.58 Å². The van der Waals surface area contributed by atoms with Crippen molar-refractivity contribution in [1.82, 2.24) is 5.32 Å². The van der Waals surface area contributed by atoms with E-state index in [2.05, 4.69) is 17.2 Å². The molecular formula is C25H36FN3O4Si. The van der Waals surface area contributed by atoms with Gasteiger partial charge < -0.3 is 29.5 Å². The second-order valence-electron chi connectivity index (χ2n) is 10.3. The van der Waals surface area contributed by atoms with Gasteiger partial charge in [0.2, 0.25) is 14.3 Å². The molecule has 2 amide bonds. The van der Waals surface area contributed by atoms with Gasteiger partial charge in [0, 0.05) is 42.4 Å². The Morgan fingerprint density at radius 2 is 2.24 bits per heavy atom. The lowest BCUT2D eigenvalue weighted by molar-refractivity contribution is -0.146. The second-order valence-corrected chi connectivity index (χ2v) is 14.0. The maximum absolute atomic E-state index is 15.5. The van der Waals surface area contributed by atoms with Crippen LogP contribution in [0.1, 0.15) is 31.7 Å². The number of aliphatic hydroxyl groups is 1. The lowest BCUT2D eigenvalue weighted by atomic mass is 9.82. The Balaban J connectivity index is 1.75. The number of hydrogen-bond donors (Lipinski definition) is 3. The van der Waals surface area contributed by atoms with Crippen molar-refractivity contribution in [3.63, 3.8) is 0 Å². The number of carbonyl (C=O) groups is 2. The fourth-order valence-corrected chi connectivity index (χ4v) is 8.69. The molecule has 3 N–H and O–H groups in total. The number of rotatable bonds is 7. The molecule has 0 radical (unpaired) electrons. The first kappa shape index (κ1) is 25.0. The van der Waals surface area contributed by atoms with Crippen LogP contribution in [0.4, 0.5) is 15.5 Å². The van der Waals surface area contributed by atoms with E-state index in [0.717, 1.165) is 19.4 Å². The third-order valence-electron chi connectivity index (χ3n) is 7.62. The Kier molecular flexibility index (Phi) is 7.01. The molecular weight excluding hydrogens is 453 g/mol. The largest absolute Gasteiger partial charge is 0.396 e. The summed E-state index contributed by atoms with van der Waals surface area (Å²) in [5.41, 5.74) is 0.126. The smallest absolute Gasteiger partial charge is 0.264 e. The van der Waals surface area contributed by atoms with Gasteiger partial charge in [-0.05, 0) is 57.1 Å². The highest BCUT2D eigenvalue weighted by atomic mass is 28.4. The van der Waals surface area contributed by atoms with Gasteiger partial charge in [-0.2, -0.15) is 0 Å². The van der Waals surface area contributed by atoms with E-state index in [0.29, 0.717) is 30.0 Å². The molecule has 0 aromatic heterocycles. The third kappa shape index (κ3) is 4.12. The molecule has 2 fully saturated rings. The molecule has 4 rings (SSSR count). The number of aliphatic hydroxyl groups excluding tert-OH is 1. The molecule has 1 spiro atoms. The molecule has 0 aliphatic carbocycles. The first-order valence-electron chi connectivity index (χ1n) is 12.2. The van der Waals surface area contributed by atoms with Gasteiger partial charge in [-0.25, -0.2) is 0 Å². The minimum Gasteiger partial charge on any atom is -0.396 e. The number of halogens is 1. The first-order valence-corrected chi connectivity index (χ1v) is 15.2. The summed E-state index contributed by atoms with van der Waals surface area (Å²) < 4.78 is 22.0. The average molecular weight is 490 g/mol. The van der Waals surface area contributed by atoms with Crippen LogP contribution in [0.3, 0.4) is 0 Å². The number of ether oxygens (including phenoxy) is 1. The quantitative estimate of drug-likeness (QED) is 0.311. The molecule has 3 heterocycles. The van der Waals surface area contributed by atoms with Crippen molar-refractivity contribution in [3.05, 3.63) is 36.4 Å². The Morgan fingerprint density at radius 3 is 2.85 bits per heavy atom. The van der Waals surface area contributed by atoms with Crippen LogP contribution >= 0.6 is 0 Å². The molecule has 5 atom stereocenters. The highest BCUT2D eigenvalue weighted by Crippen LogP contribution is 2.60. The summed E-state index contributed by atoms with van der Waals surface area (Å²) in [6, 6.07) is 5.43. The number of fused-ring (bicyclic) bond motifs is 2. The average Bonchev–Trinajstić information content (AvgIpc) is 3.22. The Hall–Kier alpha value is -2.07. The third-order valence-corrected chi connectivity index (χ3v) is 10.1. The van der Waals surface area contributed by atoms with E-state index in [1.54, 1.807) is 30.1 Å². The molecule has 0 bridgehead atoms. The molecule has 186 valence electrons. The van der Waals surface area contributed by atoms with Gasteiger partial charge in [0.15, 0.2) is 5.60 Å². The standard InChI is InChI=1S/C25H36FN3O4Si/c1-5-12-29-20-9-8-18(28-23(31)17-7-6-11-27-15-17)14-19(20)25(24(29)32)16(2)22(34(3,4)26)21(33-25)10-13-30/h5,8-9,14,16-17,21-22,27,30H,1,6-7,10-13,15H2,2-4H3,(H,28,31)/t16-,17?,21+,22-,25+/m0/s1. The first-order chi connectivity index (χ1) is 16.1. The number of anilines is 2. The summed E-state index contributed by atoms with van der Waals surface area (Å²) in [4.78, 5) is 28.4. The lowest BCUT2D eigenvalue weighted by Crippen LogP contribution is -2.45. The van der Waals surface area contributed by atoms with Gasteiger partial charge in [-0.3, -0.25) is 9.59 Å². The SMILES string of the molecule is C=CCN1C(=O)[C@]2(O[C@H](CCO)[C@@H]([Si](C)(C)F)[C@@H]2C)c2cc(NC(=O)C3CCCNC3)ccc21. The number of nitrogens with zero attached hydrogens (tertiary/aromatic N) is 1. The van der Waals surface area contributed by atoms with Gasteiger partial charge in [0.05, 0.1) is 17.7 Å². The zero-order valence-electron chi connectivity index (χ0n) is 20.3. The van der Waals surface area contributed by atoms with Crippen LogP contribution in [0.2, 0.25) is 18.6 Å². The summed E-state index contributed by atoms with van der Waals surface area (Å²) in [6.45, 7) is 10.7. The molecule has 7 nitrogen and oxygen atoms in total. The molecule has 9 heteroatoms. The molecule has 2 saturated heterocycles. The molecule has 1 unspecified atom stereocenters.